The number of anilines is 1. The summed E-state index contributed by atoms with van der Waals surface area (Å²) < 4.78 is 0. The van der Waals surface area contributed by atoms with Crippen LogP contribution in [0.5, 0.6) is 0 Å². The summed E-state index contributed by atoms with van der Waals surface area (Å²) in [4.78, 5) is 3.99. The van der Waals surface area contributed by atoms with Gasteiger partial charge in [-0.2, -0.15) is 5.26 Å². The lowest BCUT2D eigenvalue weighted by Gasteiger charge is -2.09. The average Bonchev–Trinajstić information content (AvgIpc) is 2.39. The van der Waals surface area contributed by atoms with Crippen molar-refractivity contribution in [1.82, 2.24) is 5.32 Å². The van der Waals surface area contributed by atoms with E-state index in [1.54, 1.807) is 0 Å². The van der Waals surface area contributed by atoms with Gasteiger partial charge in [0.1, 0.15) is 22.5 Å². The first-order chi connectivity index (χ1) is 8.72. The van der Waals surface area contributed by atoms with Crippen molar-refractivity contribution in [2.24, 2.45) is 4.99 Å². The van der Waals surface area contributed by atoms with Crippen molar-refractivity contribution in [2.45, 2.75) is 0 Å². The Kier molecular flexibility index (Phi) is 5.29. The summed E-state index contributed by atoms with van der Waals surface area (Å²) in [5.41, 5.74) is 1.01. The highest BCUT2D eigenvalue weighted by atomic mass is 32.1. The minimum absolute atomic E-state index is 0.212. The van der Waals surface area contributed by atoms with Crippen molar-refractivity contribution in [3.8, 4) is 6.07 Å². The zero-order valence-electron chi connectivity index (χ0n) is 9.68. The zero-order valence-corrected chi connectivity index (χ0v) is 10.5. The molecule has 0 aliphatic rings. The fraction of sp³-hybridized carbons (Fsp3) is 0. The molecule has 1 aromatic rings. The van der Waals surface area contributed by atoms with Crippen LogP contribution in [0.4, 0.5) is 5.69 Å². The van der Waals surface area contributed by atoms with Crippen molar-refractivity contribution in [3.05, 3.63) is 54.5 Å². The number of benzene rings is 1. The Labute approximate surface area is 111 Å². The van der Waals surface area contributed by atoms with Crippen LogP contribution in [0.25, 0.3) is 0 Å². The van der Waals surface area contributed by atoms with Gasteiger partial charge in [0.25, 0.3) is 0 Å². The van der Waals surface area contributed by atoms with E-state index in [2.05, 4.69) is 28.9 Å². The monoisotopic (exact) mass is 256 g/mol. The third kappa shape index (κ3) is 3.54. The molecular weight excluding hydrogens is 244 g/mol. The van der Waals surface area contributed by atoms with Gasteiger partial charge in [0.05, 0.1) is 0 Å². The quantitative estimate of drug-likeness (QED) is 0.368. The lowest BCUT2D eigenvalue weighted by molar-refractivity contribution is 1.03. The number of aliphatic imine (C=N–C) groups is 1. The minimum Gasteiger partial charge on any atom is -0.346 e. The summed E-state index contributed by atoms with van der Waals surface area (Å²) in [5.74, 6) is 0.279. The maximum atomic E-state index is 9.11. The molecule has 0 fully saturated rings. The van der Waals surface area contributed by atoms with Gasteiger partial charge in [-0.3, -0.25) is 0 Å². The predicted molar refractivity (Wildman–Crippen MR) is 78.2 cm³/mol. The van der Waals surface area contributed by atoms with Gasteiger partial charge in [0.2, 0.25) is 0 Å². The molecule has 4 nitrogen and oxygen atoms in total. The minimum atomic E-state index is 0.212. The third-order valence-electron chi connectivity index (χ3n) is 2.00. The van der Waals surface area contributed by atoms with Crippen LogP contribution in [0.1, 0.15) is 0 Å². The van der Waals surface area contributed by atoms with Gasteiger partial charge >= 0.3 is 0 Å². The van der Waals surface area contributed by atoms with Crippen molar-refractivity contribution in [3.63, 3.8) is 0 Å². The number of hydrogen-bond donors (Lipinski definition) is 2. The maximum Gasteiger partial charge on any atom is 0.150 e. The Balaban J connectivity index is 2.97. The van der Waals surface area contributed by atoms with Crippen LogP contribution in [-0.4, -0.2) is 11.7 Å². The van der Waals surface area contributed by atoms with Gasteiger partial charge < -0.3 is 10.6 Å². The highest BCUT2D eigenvalue weighted by Gasteiger charge is 2.10. The summed E-state index contributed by atoms with van der Waals surface area (Å²) in [6.07, 6.45) is 1.41. The Morgan fingerprint density at radius 2 is 2.06 bits per heavy atom. The van der Waals surface area contributed by atoms with Gasteiger partial charge in [-0.25, -0.2) is 4.99 Å². The summed E-state index contributed by atoms with van der Waals surface area (Å²) >= 11 is 5.16. The highest BCUT2D eigenvalue weighted by Crippen LogP contribution is 2.11. The van der Waals surface area contributed by atoms with E-state index >= 15 is 0 Å². The van der Waals surface area contributed by atoms with Crippen molar-refractivity contribution < 1.29 is 0 Å². The van der Waals surface area contributed by atoms with Crippen LogP contribution in [0.3, 0.4) is 0 Å². The van der Waals surface area contributed by atoms with Crippen LogP contribution in [-0.2, 0) is 0 Å². The van der Waals surface area contributed by atoms with Crippen LogP contribution in [0.15, 0.2) is 59.5 Å². The number of hydrogen-bond acceptors (Lipinski definition) is 4. The summed E-state index contributed by atoms with van der Waals surface area (Å²) in [7, 11) is 0. The number of nitrogens with one attached hydrogen (secondary N) is 2. The second-order valence-electron chi connectivity index (χ2n) is 3.16. The molecule has 0 saturated carbocycles. The number of thiocarbonyl (C=S) groups is 1. The van der Waals surface area contributed by atoms with E-state index in [9.17, 15) is 0 Å². The summed E-state index contributed by atoms with van der Waals surface area (Å²) in [6, 6.07) is 11.3. The highest BCUT2D eigenvalue weighted by molar-refractivity contribution is 7.81. The Morgan fingerprint density at radius 1 is 1.39 bits per heavy atom. The Hall–Kier alpha value is -2.45. The van der Waals surface area contributed by atoms with E-state index in [0.29, 0.717) is 0 Å². The largest absolute Gasteiger partial charge is 0.346 e. The molecule has 0 atom stereocenters. The molecule has 0 aliphatic heterocycles. The normalized spacial score (nSPS) is 10.6. The number of rotatable bonds is 5. The van der Waals surface area contributed by atoms with Crippen LogP contribution in [0, 0.1) is 11.3 Å². The first kappa shape index (κ1) is 13.6. The molecule has 18 heavy (non-hydrogen) atoms. The standard InChI is InChI=1S/C13H12N4S/c1-3-16-12(15-2)11(9-14)13(18)17-10-7-5-4-6-8-10/h3-8,16H,1-2H2,(H,17,18)/b12-11-. The third-order valence-corrected chi connectivity index (χ3v) is 2.31. The molecule has 0 bridgehead atoms. The smallest absolute Gasteiger partial charge is 0.150 e. The maximum absolute atomic E-state index is 9.11. The van der Waals surface area contributed by atoms with E-state index in [1.165, 1.54) is 6.20 Å². The van der Waals surface area contributed by atoms with E-state index < -0.39 is 0 Å². The molecule has 0 aliphatic carbocycles. The van der Waals surface area contributed by atoms with E-state index in [1.807, 2.05) is 36.4 Å². The van der Waals surface area contributed by atoms with Crippen LogP contribution >= 0.6 is 12.2 Å². The molecule has 1 aromatic carbocycles. The van der Waals surface area contributed by atoms with Gasteiger partial charge in [0.15, 0.2) is 0 Å². The predicted octanol–water partition coefficient (Wildman–Crippen LogP) is 2.59. The molecule has 2 N–H and O–H groups in total. The first-order valence-electron chi connectivity index (χ1n) is 5.08. The Morgan fingerprint density at radius 3 is 2.56 bits per heavy atom. The average molecular weight is 256 g/mol. The van der Waals surface area contributed by atoms with Gasteiger partial charge in [-0.1, -0.05) is 37.0 Å². The van der Waals surface area contributed by atoms with E-state index in [4.69, 9.17) is 17.5 Å². The number of para-hydroxylation sites is 1. The van der Waals surface area contributed by atoms with E-state index in [-0.39, 0.29) is 16.4 Å². The van der Waals surface area contributed by atoms with Crippen LogP contribution in [0.2, 0.25) is 0 Å². The van der Waals surface area contributed by atoms with E-state index in [0.717, 1.165) is 5.69 Å². The summed E-state index contributed by atoms with van der Waals surface area (Å²) in [6.45, 7) is 6.88. The van der Waals surface area contributed by atoms with Crippen molar-refractivity contribution >= 4 is 29.6 Å². The fourth-order valence-corrected chi connectivity index (χ4v) is 1.48. The SMILES string of the molecule is C=CN/C(N=C)=C(/C#N)C(=S)Nc1ccccc1. The van der Waals surface area contributed by atoms with Crippen molar-refractivity contribution in [1.29, 1.82) is 5.26 Å². The summed E-state index contributed by atoms with van der Waals surface area (Å²) in [5, 5.41) is 14.8. The second kappa shape index (κ2) is 6.99. The number of nitrogens with zero attached hydrogens (tertiary/aromatic N) is 2. The lowest BCUT2D eigenvalue weighted by Crippen LogP contribution is -2.16. The molecule has 0 aromatic heterocycles. The van der Waals surface area contributed by atoms with Gasteiger partial charge in [-0.05, 0) is 25.1 Å². The van der Waals surface area contributed by atoms with Gasteiger partial charge in [-0.15, -0.1) is 0 Å². The molecule has 0 saturated heterocycles. The molecule has 0 amide bonds. The molecule has 0 heterocycles. The van der Waals surface area contributed by atoms with Gasteiger partial charge in [0, 0.05) is 5.69 Å². The molecule has 5 heteroatoms. The van der Waals surface area contributed by atoms with Crippen molar-refractivity contribution in [2.75, 3.05) is 5.32 Å². The molecule has 0 spiro atoms. The number of nitriles is 1. The molecule has 0 unspecified atom stereocenters. The molecule has 1 rings (SSSR count). The fourth-order valence-electron chi connectivity index (χ4n) is 1.22. The molecule has 0 radical (unpaired) electrons. The first-order valence-corrected chi connectivity index (χ1v) is 5.48. The van der Waals surface area contributed by atoms with Crippen LogP contribution < -0.4 is 10.6 Å². The molecular formula is C13H12N4S. The molecule has 90 valence electrons. The lowest BCUT2D eigenvalue weighted by atomic mass is 10.2. The second-order valence-corrected chi connectivity index (χ2v) is 3.57. The Bertz CT molecular complexity index is 526. The zero-order chi connectivity index (χ0) is 13.4. The topological polar surface area (TPSA) is 60.2 Å².